The van der Waals surface area contributed by atoms with Gasteiger partial charge in [-0.3, -0.25) is 4.79 Å². The molecule has 0 aliphatic heterocycles. The fraction of sp³-hybridized carbons (Fsp3) is 0.700. The van der Waals surface area contributed by atoms with Gasteiger partial charge in [0, 0.05) is 18.4 Å². The standard InChI is InChI=1S/C10H18O2/c1-7(2)5-9(11)6-10(12)8(3)4/h6-8,12H,5H2,1-4H3/b10-6-. The maximum absolute atomic E-state index is 11.1. The van der Waals surface area contributed by atoms with Gasteiger partial charge in [-0.05, 0) is 5.92 Å². The molecule has 0 spiro atoms. The van der Waals surface area contributed by atoms with Gasteiger partial charge in [0.1, 0.15) is 0 Å². The highest BCUT2D eigenvalue weighted by Gasteiger charge is 2.05. The summed E-state index contributed by atoms with van der Waals surface area (Å²) in [4.78, 5) is 11.1. The minimum Gasteiger partial charge on any atom is -0.512 e. The van der Waals surface area contributed by atoms with Gasteiger partial charge >= 0.3 is 0 Å². The Morgan fingerprint density at radius 2 is 1.83 bits per heavy atom. The number of hydrogen-bond donors (Lipinski definition) is 1. The lowest BCUT2D eigenvalue weighted by molar-refractivity contribution is -0.115. The van der Waals surface area contributed by atoms with Crippen molar-refractivity contribution in [3.05, 3.63) is 11.8 Å². The predicted molar refractivity (Wildman–Crippen MR) is 50.0 cm³/mol. The second-order valence-electron chi connectivity index (χ2n) is 3.79. The summed E-state index contributed by atoms with van der Waals surface area (Å²) in [6.45, 7) is 7.68. The molecular weight excluding hydrogens is 152 g/mol. The highest BCUT2D eigenvalue weighted by molar-refractivity contribution is 5.90. The molecule has 0 atom stereocenters. The zero-order valence-corrected chi connectivity index (χ0v) is 8.29. The molecule has 0 aliphatic rings. The van der Waals surface area contributed by atoms with Crippen LogP contribution in [-0.2, 0) is 4.79 Å². The number of hydrogen-bond acceptors (Lipinski definition) is 2. The van der Waals surface area contributed by atoms with E-state index in [0.717, 1.165) is 0 Å². The Balaban J connectivity index is 4.06. The zero-order chi connectivity index (χ0) is 9.72. The first kappa shape index (κ1) is 11.2. The fourth-order valence-corrected chi connectivity index (χ4v) is 0.793. The van der Waals surface area contributed by atoms with Crippen LogP contribution in [0.1, 0.15) is 34.1 Å². The summed E-state index contributed by atoms with van der Waals surface area (Å²) in [6.07, 6.45) is 1.85. The summed E-state index contributed by atoms with van der Waals surface area (Å²) >= 11 is 0. The van der Waals surface area contributed by atoms with Crippen LogP contribution in [0.25, 0.3) is 0 Å². The molecule has 2 nitrogen and oxygen atoms in total. The summed E-state index contributed by atoms with van der Waals surface area (Å²) < 4.78 is 0. The Morgan fingerprint density at radius 1 is 1.33 bits per heavy atom. The monoisotopic (exact) mass is 170 g/mol. The van der Waals surface area contributed by atoms with Crippen molar-refractivity contribution in [2.24, 2.45) is 11.8 Å². The molecule has 0 amide bonds. The molecule has 1 N–H and O–H groups in total. The number of allylic oxidation sites excluding steroid dienone is 2. The molecule has 0 heterocycles. The van der Waals surface area contributed by atoms with E-state index < -0.39 is 0 Å². The number of rotatable bonds is 4. The lowest BCUT2D eigenvalue weighted by Gasteiger charge is -2.03. The lowest BCUT2D eigenvalue weighted by atomic mass is 10.0. The van der Waals surface area contributed by atoms with Crippen molar-refractivity contribution in [3.63, 3.8) is 0 Å². The topological polar surface area (TPSA) is 37.3 Å². The average molecular weight is 170 g/mol. The Kier molecular flexibility index (Phi) is 4.64. The maximum atomic E-state index is 11.1. The Bertz CT molecular complexity index is 178. The molecule has 0 saturated heterocycles. The molecule has 0 aromatic carbocycles. The van der Waals surface area contributed by atoms with Crippen molar-refractivity contribution in [1.82, 2.24) is 0 Å². The summed E-state index contributed by atoms with van der Waals surface area (Å²) in [5.74, 6) is 0.590. The Hall–Kier alpha value is -0.790. The van der Waals surface area contributed by atoms with Crippen LogP contribution in [0.2, 0.25) is 0 Å². The molecule has 70 valence electrons. The number of carbonyl (C=O) groups is 1. The smallest absolute Gasteiger partial charge is 0.159 e. The molecule has 0 bridgehead atoms. The van der Waals surface area contributed by atoms with E-state index in [1.807, 2.05) is 27.7 Å². The van der Waals surface area contributed by atoms with Crippen LogP contribution >= 0.6 is 0 Å². The summed E-state index contributed by atoms with van der Waals surface area (Å²) in [5, 5.41) is 9.25. The Labute approximate surface area is 74.3 Å². The van der Waals surface area contributed by atoms with E-state index in [1.54, 1.807) is 0 Å². The highest BCUT2D eigenvalue weighted by atomic mass is 16.3. The van der Waals surface area contributed by atoms with Gasteiger partial charge in [-0.25, -0.2) is 0 Å². The molecule has 0 aromatic rings. The van der Waals surface area contributed by atoms with Gasteiger partial charge in [0.15, 0.2) is 5.78 Å². The molecule has 12 heavy (non-hydrogen) atoms. The van der Waals surface area contributed by atoms with Gasteiger partial charge < -0.3 is 5.11 Å². The third-order valence-corrected chi connectivity index (χ3v) is 1.51. The molecular formula is C10H18O2. The molecule has 0 rings (SSSR count). The van der Waals surface area contributed by atoms with Crippen LogP contribution in [-0.4, -0.2) is 10.9 Å². The fourth-order valence-electron chi connectivity index (χ4n) is 0.793. The second-order valence-corrected chi connectivity index (χ2v) is 3.79. The van der Waals surface area contributed by atoms with Crippen molar-refractivity contribution < 1.29 is 9.90 Å². The lowest BCUT2D eigenvalue weighted by Crippen LogP contribution is -2.02. The maximum Gasteiger partial charge on any atom is 0.159 e. The van der Waals surface area contributed by atoms with Crippen LogP contribution in [0.15, 0.2) is 11.8 Å². The normalized spacial score (nSPS) is 12.7. The molecule has 0 fully saturated rings. The molecule has 2 heteroatoms. The second kappa shape index (κ2) is 4.96. The van der Waals surface area contributed by atoms with Crippen molar-refractivity contribution in [1.29, 1.82) is 0 Å². The molecule has 0 unspecified atom stereocenters. The SMILES string of the molecule is CC(C)CC(=O)/C=C(\O)C(C)C. The third-order valence-electron chi connectivity index (χ3n) is 1.51. The molecule has 0 aromatic heterocycles. The van der Waals surface area contributed by atoms with Gasteiger partial charge in [-0.15, -0.1) is 0 Å². The van der Waals surface area contributed by atoms with Crippen LogP contribution in [0.5, 0.6) is 0 Å². The first-order chi connectivity index (χ1) is 5.43. The van der Waals surface area contributed by atoms with E-state index in [-0.39, 0.29) is 17.5 Å². The summed E-state index contributed by atoms with van der Waals surface area (Å²) in [7, 11) is 0. The minimum atomic E-state index is 0.0104. The Morgan fingerprint density at radius 3 is 2.17 bits per heavy atom. The van der Waals surface area contributed by atoms with Crippen molar-refractivity contribution >= 4 is 5.78 Å². The summed E-state index contributed by atoms with van der Waals surface area (Å²) in [5.41, 5.74) is 0. The van der Waals surface area contributed by atoms with E-state index in [1.165, 1.54) is 6.08 Å². The third kappa shape index (κ3) is 4.94. The largest absolute Gasteiger partial charge is 0.512 e. The van der Waals surface area contributed by atoms with E-state index >= 15 is 0 Å². The zero-order valence-electron chi connectivity index (χ0n) is 8.29. The van der Waals surface area contributed by atoms with Gasteiger partial charge in [-0.2, -0.15) is 0 Å². The first-order valence-corrected chi connectivity index (χ1v) is 4.36. The first-order valence-electron chi connectivity index (χ1n) is 4.36. The average Bonchev–Trinajstić information content (AvgIpc) is 1.84. The van der Waals surface area contributed by atoms with Crippen molar-refractivity contribution in [3.8, 4) is 0 Å². The van der Waals surface area contributed by atoms with E-state index in [2.05, 4.69) is 0 Å². The number of ketones is 1. The van der Waals surface area contributed by atoms with Gasteiger partial charge in [0.25, 0.3) is 0 Å². The van der Waals surface area contributed by atoms with Crippen LogP contribution in [0.3, 0.4) is 0 Å². The number of aliphatic hydroxyl groups excluding tert-OH is 1. The minimum absolute atomic E-state index is 0.0104. The predicted octanol–water partition coefficient (Wildman–Crippen LogP) is 2.70. The van der Waals surface area contributed by atoms with Crippen LogP contribution in [0, 0.1) is 11.8 Å². The molecule has 0 aliphatic carbocycles. The number of aliphatic hydroxyl groups is 1. The van der Waals surface area contributed by atoms with Crippen LogP contribution in [0.4, 0.5) is 0 Å². The van der Waals surface area contributed by atoms with E-state index in [4.69, 9.17) is 0 Å². The molecule has 0 radical (unpaired) electrons. The van der Waals surface area contributed by atoms with E-state index in [9.17, 15) is 9.90 Å². The highest BCUT2D eigenvalue weighted by Crippen LogP contribution is 2.07. The van der Waals surface area contributed by atoms with E-state index in [0.29, 0.717) is 12.3 Å². The van der Waals surface area contributed by atoms with Gasteiger partial charge in [0.2, 0.25) is 0 Å². The van der Waals surface area contributed by atoms with Crippen molar-refractivity contribution in [2.45, 2.75) is 34.1 Å². The van der Waals surface area contributed by atoms with Gasteiger partial charge in [0.05, 0.1) is 5.76 Å². The van der Waals surface area contributed by atoms with Gasteiger partial charge in [-0.1, -0.05) is 27.7 Å². The molecule has 0 saturated carbocycles. The van der Waals surface area contributed by atoms with Crippen molar-refractivity contribution in [2.75, 3.05) is 0 Å². The number of carbonyl (C=O) groups excluding carboxylic acids is 1. The van der Waals surface area contributed by atoms with Crippen LogP contribution < -0.4 is 0 Å². The quantitative estimate of drug-likeness (QED) is 0.520. The summed E-state index contributed by atoms with van der Waals surface area (Å²) in [6, 6.07) is 0.